The average Bonchev–Trinajstić information content (AvgIpc) is 3.92. The van der Waals surface area contributed by atoms with Gasteiger partial charge in [-0.05, 0) is 46.5 Å². The second kappa shape index (κ2) is 13.9. The number of carbonyl (C=O) groups excluding carboxylic acids is 2. The Labute approximate surface area is 331 Å². The number of carbonyl (C=O) groups is 2. The molecule has 284 valence electrons. The number of rotatable bonds is 4. The number of ether oxygens (including phenoxy) is 2. The zero-order chi connectivity index (χ0) is 40.2. The maximum Gasteiger partial charge on any atom is 0.235 e. The summed E-state index contributed by atoms with van der Waals surface area (Å²) in [6.07, 6.45) is 7.27. The normalized spacial score (nSPS) is 14.4. The molecular formula is C48H34N2O8. The quantitative estimate of drug-likeness (QED) is 0.130. The van der Waals surface area contributed by atoms with Crippen LogP contribution in [0.4, 0.5) is 0 Å². The van der Waals surface area contributed by atoms with Gasteiger partial charge in [0.15, 0.2) is 11.5 Å². The van der Waals surface area contributed by atoms with Crippen LogP contribution < -0.4 is 9.47 Å². The van der Waals surface area contributed by atoms with Gasteiger partial charge >= 0.3 is 0 Å². The summed E-state index contributed by atoms with van der Waals surface area (Å²) >= 11 is 0. The lowest BCUT2D eigenvalue weighted by Gasteiger charge is -2.06. The van der Waals surface area contributed by atoms with Gasteiger partial charge in [-0.3, -0.25) is 9.59 Å². The van der Waals surface area contributed by atoms with Crippen molar-refractivity contribution < 1.29 is 39.5 Å². The molecule has 0 amide bonds. The van der Waals surface area contributed by atoms with Crippen molar-refractivity contribution in [3.63, 3.8) is 0 Å². The molecule has 10 heteroatoms. The van der Waals surface area contributed by atoms with Crippen molar-refractivity contribution in [3.8, 4) is 56.8 Å². The summed E-state index contributed by atoms with van der Waals surface area (Å²) < 4.78 is 15.3. The molecule has 0 saturated carbocycles. The zero-order valence-corrected chi connectivity index (χ0v) is 31.2. The van der Waals surface area contributed by atoms with Crippen molar-refractivity contribution in [1.82, 2.24) is 9.13 Å². The third-order valence-electron chi connectivity index (χ3n) is 10.3. The molecule has 0 aliphatic carbocycles. The van der Waals surface area contributed by atoms with E-state index in [1.165, 1.54) is 12.1 Å². The van der Waals surface area contributed by atoms with Crippen molar-refractivity contribution >= 4 is 45.5 Å². The van der Waals surface area contributed by atoms with Gasteiger partial charge in [0.25, 0.3) is 0 Å². The maximum atomic E-state index is 12.8. The monoisotopic (exact) mass is 766 g/mol. The van der Waals surface area contributed by atoms with Crippen LogP contribution in [-0.2, 0) is 14.1 Å². The number of fused-ring (bicyclic) bond motifs is 4. The van der Waals surface area contributed by atoms with E-state index < -0.39 is 11.6 Å². The Morgan fingerprint density at radius 1 is 0.500 bits per heavy atom. The molecule has 10 rings (SSSR count). The Morgan fingerprint density at radius 2 is 0.897 bits per heavy atom. The molecule has 0 bridgehead atoms. The lowest BCUT2D eigenvalue weighted by atomic mass is 9.98. The fourth-order valence-corrected chi connectivity index (χ4v) is 7.73. The first kappa shape index (κ1) is 35.7. The molecule has 0 fully saturated rings. The number of hydrogen-bond acceptors (Lipinski definition) is 8. The van der Waals surface area contributed by atoms with Crippen LogP contribution in [0.5, 0.6) is 34.5 Å². The van der Waals surface area contributed by atoms with Crippen LogP contribution >= 0.6 is 0 Å². The van der Waals surface area contributed by atoms with E-state index in [1.807, 2.05) is 121 Å². The Bertz CT molecular complexity index is 2840. The van der Waals surface area contributed by atoms with Gasteiger partial charge in [0.1, 0.15) is 45.6 Å². The Hall–Kier alpha value is -7.98. The van der Waals surface area contributed by atoms with Gasteiger partial charge in [-0.15, -0.1) is 0 Å². The van der Waals surface area contributed by atoms with Crippen molar-refractivity contribution in [2.45, 2.75) is 0 Å². The van der Waals surface area contributed by atoms with Gasteiger partial charge in [-0.2, -0.15) is 0 Å². The molecule has 8 aromatic rings. The van der Waals surface area contributed by atoms with E-state index in [9.17, 15) is 30.0 Å². The average molecular weight is 767 g/mol. The van der Waals surface area contributed by atoms with E-state index in [-0.39, 0.29) is 57.1 Å². The van der Waals surface area contributed by atoms with Gasteiger partial charge in [-0.1, -0.05) is 84.9 Å². The second-order valence-corrected chi connectivity index (χ2v) is 14.1. The molecule has 6 aromatic carbocycles. The van der Waals surface area contributed by atoms with Crippen LogP contribution in [0.2, 0.25) is 0 Å². The van der Waals surface area contributed by atoms with Crippen molar-refractivity contribution in [2.24, 2.45) is 14.1 Å². The summed E-state index contributed by atoms with van der Waals surface area (Å²) in [7, 11) is 3.91. The lowest BCUT2D eigenvalue weighted by Crippen LogP contribution is -1.98. The highest BCUT2D eigenvalue weighted by Gasteiger charge is 2.33. The molecule has 0 unspecified atom stereocenters. The summed E-state index contributed by atoms with van der Waals surface area (Å²) in [5.74, 6) is -1.21. The van der Waals surface area contributed by atoms with Crippen LogP contribution in [0.1, 0.15) is 31.8 Å². The summed E-state index contributed by atoms with van der Waals surface area (Å²) in [5, 5.41) is 41.4. The highest BCUT2D eigenvalue weighted by Crippen LogP contribution is 2.43. The first-order valence-electron chi connectivity index (χ1n) is 18.3. The van der Waals surface area contributed by atoms with Crippen LogP contribution in [0.25, 0.3) is 56.2 Å². The topological polar surface area (TPSA) is 143 Å². The number of hydrogen-bond donors (Lipinski definition) is 4. The van der Waals surface area contributed by atoms with Gasteiger partial charge < -0.3 is 39.0 Å². The molecular weight excluding hydrogens is 733 g/mol. The highest BCUT2D eigenvalue weighted by molar-refractivity contribution is 6.18. The predicted octanol–water partition coefficient (Wildman–Crippen LogP) is 9.75. The molecule has 2 aliphatic heterocycles. The molecule has 58 heavy (non-hydrogen) atoms. The Balaban J connectivity index is 0.000000150. The number of aryl methyl sites for hydroxylation is 2. The van der Waals surface area contributed by atoms with Gasteiger partial charge in [0, 0.05) is 83.7 Å². The third-order valence-corrected chi connectivity index (χ3v) is 10.3. The lowest BCUT2D eigenvalue weighted by molar-refractivity contribution is 0.100. The number of benzene rings is 6. The standard InChI is InChI=1S/2C24H17NO4/c2*1-25-13-15(10-21-24(28)23-19(27)11-16(26)12-20(23)29-21)22-17(8-5-9-18(22)25)14-6-3-2-4-7-14/h2*2-13,26-27H,1H3. The molecule has 0 spiro atoms. The van der Waals surface area contributed by atoms with Gasteiger partial charge in [-0.25, -0.2) is 0 Å². The van der Waals surface area contributed by atoms with Crippen LogP contribution in [0, 0.1) is 0 Å². The second-order valence-electron chi connectivity index (χ2n) is 14.1. The third kappa shape index (κ3) is 6.09. The molecule has 4 heterocycles. The highest BCUT2D eigenvalue weighted by atomic mass is 16.5. The van der Waals surface area contributed by atoms with Crippen molar-refractivity contribution in [1.29, 1.82) is 0 Å². The predicted molar refractivity (Wildman–Crippen MR) is 222 cm³/mol. The number of phenols is 4. The fourth-order valence-electron chi connectivity index (χ4n) is 7.73. The number of aromatic nitrogens is 2. The number of Topliss-reactive ketones (excluding diaryl/α,β-unsaturated/α-hetero) is 2. The van der Waals surface area contributed by atoms with Gasteiger partial charge in [0.05, 0.1) is 0 Å². The maximum absolute atomic E-state index is 12.8. The first-order valence-corrected chi connectivity index (χ1v) is 18.3. The van der Waals surface area contributed by atoms with E-state index in [2.05, 4.69) is 12.1 Å². The minimum Gasteiger partial charge on any atom is -0.508 e. The molecule has 0 radical (unpaired) electrons. The smallest absolute Gasteiger partial charge is 0.235 e. The van der Waals surface area contributed by atoms with Crippen molar-refractivity contribution in [3.05, 3.63) is 167 Å². The molecule has 0 saturated heterocycles. The first-order chi connectivity index (χ1) is 28.0. The fraction of sp³-hybridized carbons (Fsp3) is 0.0417. The molecule has 2 aliphatic rings. The van der Waals surface area contributed by atoms with E-state index in [0.717, 1.165) is 67.3 Å². The number of ketones is 2. The van der Waals surface area contributed by atoms with Crippen molar-refractivity contribution in [2.75, 3.05) is 0 Å². The number of aromatic hydroxyl groups is 4. The van der Waals surface area contributed by atoms with E-state index >= 15 is 0 Å². The molecule has 2 aromatic heterocycles. The molecule has 0 atom stereocenters. The minimum absolute atomic E-state index is 0.0672. The summed E-state index contributed by atoms with van der Waals surface area (Å²) in [5.41, 5.74) is 8.13. The summed E-state index contributed by atoms with van der Waals surface area (Å²) in [6, 6.07) is 37.2. The van der Waals surface area contributed by atoms with Crippen LogP contribution in [-0.4, -0.2) is 41.1 Å². The molecule has 4 N–H and O–H groups in total. The Kier molecular flexibility index (Phi) is 8.59. The Morgan fingerprint density at radius 3 is 1.29 bits per heavy atom. The number of phenolic OH excluding ortho intramolecular Hbond substituents is 4. The SMILES string of the molecule is Cn1cc(C=C2Oc3cc(O)cc(O)c3C2=O)c2c(-c3ccccc3)cccc21.Cn1cc(C=C2Oc3cc(O)cc(O)c3C2=O)c2c(-c3ccccc3)cccc21. The minimum atomic E-state index is -0.410. The van der Waals surface area contributed by atoms with Gasteiger partial charge in [0.2, 0.25) is 11.6 Å². The largest absolute Gasteiger partial charge is 0.508 e. The van der Waals surface area contributed by atoms with Crippen LogP contribution in [0.3, 0.4) is 0 Å². The van der Waals surface area contributed by atoms with E-state index in [1.54, 1.807) is 12.2 Å². The zero-order valence-electron chi connectivity index (χ0n) is 31.2. The summed E-state index contributed by atoms with van der Waals surface area (Å²) in [4.78, 5) is 25.6. The number of nitrogens with zero attached hydrogens (tertiary/aromatic N) is 2. The molecule has 10 nitrogen and oxygen atoms in total. The summed E-state index contributed by atoms with van der Waals surface area (Å²) in [6.45, 7) is 0. The number of allylic oxidation sites excluding steroid dienone is 2. The van der Waals surface area contributed by atoms with Crippen LogP contribution in [0.15, 0.2) is 145 Å². The van der Waals surface area contributed by atoms with E-state index in [0.29, 0.717) is 0 Å². The van der Waals surface area contributed by atoms with E-state index in [4.69, 9.17) is 9.47 Å².